The SMILES string of the molecule is COCn1c[n+](Cc2ccccc2)c2ccccc21.[Cl-]. The highest BCUT2D eigenvalue weighted by Gasteiger charge is 2.14. The Bertz CT molecular complexity index is 679. The fraction of sp³-hybridized carbons (Fsp3) is 0.188. The van der Waals surface area contributed by atoms with Crippen LogP contribution in [0.3, 0.4) is 0 Å². The van der Waals surface area contributed by atoms with Gasteiger partial charge in [0.25, 0.3) is 0 Å². The van der Waals surface area contributed by atoms with Crippen LogP contribution in [0.5, 0.6) is 0 Å². The molecule has 0 saturated carbocycles. The second-order valence-electron chi connectivity index (χ2n) is 4.61. The molecule has 0 aliphatic rings. The van der Waals surface area contributed by atoms with Crippen molar-refractivity contribution < 1.29 is 21.7 Å². The molecular formula is C16H17ClN2O. The highest BCUT2D eigenvalue weighted by Crippen LogP contribution is 2.11. The molecule has 20 heavy (non-hydrogen) atoms. The van der Waals surface area contributed by atoms with Crippen molar-refractivity contribution in [3.8, 4) is 0 Å². The third-order valence-corrected chi connectivity index (χ3v) is 3.24. The van der Waals surface area contributed by atoms with Crippen LogP contribution in [0.25, 0.3) is 11.0 Å². The standard InChI is InChI=1S/C16H17N2O.ClH/c1-19-13-18-12-17(11-14-7-3-2-4-8-14)15-9-5-6-10-16(15)18;/h2-10,12H,11,13H2,1H3;1H/q+1;/p-1. The van der Waals surface area contributed by atoms with Crippen LogP contribution >= 0.6 is 0 Å². The molecule has 3 nitrogen and oxygen atoms in total. The lowest BCUT2D eigenvalue weighted by molar-refractivity contribution is -0.663. The van der Waals surface area contributed by atoms with E-state index in [1.807, 2.05) is 6.07 Å². The lowest BCUT2D eigenvalue weighted by Crippen LogP contribution is -3.00. The van der Waals surface area contributed by atoms with Crippen LogP contribution in [-0.2, 0) is 18.0 Å². The van der Waals surface area contributed by atoms with Crippen LogP contribution in [-0.4, -0.2) is 11.7 Å². The first-order valence-corrected chi connectivity index (χ1v) is 6.38. The molecule has 0 aliphatic carbocycles. The molecule has 0 saturated heterocycles. The van der Waals surface area contributed by atoms with Gasteiger partial charge >= 0.3 is 0 Å². The van der Waals surface area contributed by atoms with E-state index in [4.69, 9.17) is 4.74 Å². The molecule has 0 aliphatic heterocycles. The number of fused-ring (bicyclic) bond motifs is 1. The molecular weight excluding hydrogens is 272 g/mol. The summed E-state index contributed by atoms with van der Waals surface area (Å²) in [6.07, 6.45) is 2.11. The van der Waals surface area contributed by atoms with Gasteiger partial charge in [-0.25, -0.2) is 9.13 Å². The second-order valence-corrected chi connectivity index (χ2v) is 4.61. The van der Waals surface area contributed by atoms with E-state index in [0.29, 0.717) is 6.73 Å². The Labute approximate surface area is 124 Å². The highest BCUT2D eigenvalue weighted by molar-refractivity contribution is 5.71. The van der Waals surface area contributed by atoms with Gasteiger partial charge in [-0.1, -0.05) is 42.5 Å². The largest absolute Gasteiger partial charge is 1.00 e. The van der Waals surface area contributed by atoms with Gasteiger partial charge in [-0.2, -0.15) is 0 Å². The number of hydrogen-bond acceptors (Lipinski definition) is 1. The minimum Gasteiger partial charge on any atom is -1.00 e. The Morgan fingerprint density at radius 2 is 1.70 bits per heavy atom. The van der Waals surface area contributed by atoms with E-state index in [2.05, 4.69) is 64.0 Å². The molecule has 3 aromatic rings. The van der Waals surface area contributed by atoms with E-state index in [1.54, 1.807) is 7.11 Å². The lowest BCUT2D eigenvalue weighted by Gasteiger charge is -1.97. The Hall–Kier alpha value is -1.84. The minimum atomic E-state index is 0. The maximum atomic E-state index is 5.25. The van der Waals surface area contributed by atoms with E-state index in [0.717, 1.165) is 6.54 Å². The summed E-state index contributed by atoms with van der Waals surface area (Å²) < 4.78 is 9.63. The number of halogens is 1. The summed E-state index contributed by atoms with van der Waals surface area (Å²) in [5, 5.41) is 0. The summed E-state index contributed by atoms with van der Waals surface area (Å²) in [5.74, 6) is 0. The zero-order valence-electron chi connectivity index (χ0n) is 11.4. The van der Waals surface area contributed by atoms with E-state index in [9.17, 15) is 0 Å². The first-order chi connectivity index (χ1) is 9.38. The highest BCUT2D eigenvalue weighted by atomic mass is 35.5. The lowest BCUT2D eigenvalue weighted by atomic mass is 10.2. The van der Waals surface area contributed by atoms with Crippen molar-refractivity contribution >= 4 is 11.0 Å². The summed E-state index contributed by atoms with van der Waals surface area (Å²) in [6, 6.07) is 18.9. The predicted octanol–water partition coefficient (Wildman–Crippen LogP) is -0.415. The molecule has 2 aromatic carbocycles. The Kier molecular flexibility index (Phi) is 4.77. The quantitative estimate of drug-likeness (QED) is 0.597. The molecule has 0 bridgehead atoms. The van der Waals surface area contributed by atoms with Gasteiger partial charge in [0, 0.05) is 7.11 Å². The third kappa shape index (κ3) is 2.84. The van der Waals surface area contributed by atoms with Gasteiger partial charge in [0.2, 0.25) is 6.33 Å². The maximum absolute atomic E-state index is 5.25. The minimum absolute atomic E-state index is 0. The van der Waals surface area contributed by atoms with Crippen LogP contribution in [0.1, 0.15) is 5.56 Å². The average Bonchev–Trinajstić information content (AvgIpc) is 2.79. The van der Waals surface area contributed by atoms with E-state index < -0.39 is 0 Å². The first kappa shape index (κ1) is 14.6. The smallest absolute Gasteiger partial charge is 0.246 e. The van der Waals surface area contributed by atoms with Crippen LogP contribution in [0.15, 0.2) is 60.9 Å². The number of aromatic nitrogens is 2. The zero-order valence-corrected chi connectivity index (χ0v) is 12.1. The number of rotatable bonds is 4. The monoisotopic (exact) mass is 288 g/mol. The van der Waals surface area contributed by atoms with Gasteiger partial charge in [0.1, 0.15) is 6.54 Å². The molecule has 3 rings (SSSR count). The average molecular weight is 289 g/mol. The van der Waals surface area contributed by atoms with Crippen LogP contribution in [0, 0.1) is 0 Å². The molecule has 0 unspecified atom stereocenters. The predicted molar refractivity (Wildman–Crippen MR) is 74.7 cm³/mol. The molecule has 1 aromatic heterocycles. The molecule has 0 N–H and O–H groups in total. The number of ether oxygens (including phenoxy) is 1. The molecule has 0 fully saturated rings. The Morgan fingerprint density at radius 1 is 1.00 bits per heavy atom. The van der Waals surface area contributed by atoms with Crippen molar-refractivity contribution in [3.05, 3.63) is 66.5 Å². The van der Waals surface area contributed by atoms with Crippen LogP contribution < -0.4 is 17.0 Å². The van der Waals surface area contributed by atoms with Gasteiger partial charge in [0.15, 0.2) is 17.8 Å². The van der Waals surface area contributed by atoms with Crippen LogP contribution in [0.2, 0.25) is 0 Å². The molecule has 0 radical (unpaired) electrons. The number of benzene rings is 2. The van der Waals surface area contributed by atoms with Gasteiger partial charge in [-0.3, -0.25) is 0 Å². The van der Waals surface area contributed by atoms with Crippen LogP contribution in [0.4, 0.5) is 0 Å². The van der Waals surface area contributed by atoms with E-state index in [-0.39, 0.29) is 12.4 Å². The summed E-state index contributed by atoms with van der Waals surface area (Å²) in [7, 11) is 1.72. The molecule has 1 heterocycles. The van der Waals surface area contributed by atoms with Crippen molar-refractivity contribution in [3.63, 3.8) is 0 Å². The fourth-order valence-corrected chi connectivity index (χ4v) is 2.39. The van der Waals surface area contributed by atoms with Crippen molar-refractivity contribution in [1.29, 1.82) is 0 Å². The van der Waals surface area contributed by atoms with Crippen molar-refractivity contribution in [1.82, 2.24) is 4.57 Å². The number of hydrogen-bond donors (Lipinski definition) is 0. The first-order valence-electron chi connectivity index (χ1n) is 6.38. The number of imidazole rings is 1. The maximum Gasteiger partial charge on any atom is 0.246 e. The normalized spacial score (nSPS) is 10.4. The summed E-state index contributed by atoms with van der Waals surface area (Å²) in [5.41, 5.74) is 3.72. The van der Waals surface area contributed by atoms with Gasteiger partial charge in [-0.15, -0.1) is 0 Å². The Balaban J connectivity index is 0.00000147. The summed E-state index contributed by atoms with van der Waals surface area (Å²) in [6.45, 7) is 1.44. The van der Waals surface area contributed by atoms with Gasteiger partial charge in [-0.05, 0) is 17.7 Å². The molecule has 4 heteroatoms. The fourth-order valence-electron chi connectivity index (χ4n) is 2.39. The molecule has 104 valence electrons. The number of nitrogens with zero attached hydrogens (tertiary/aromatic N) is 2. The summed E-state index contributed by atoms with van der Waals surface area (Å²) in [4.78, 5) is 0. The topological polar surface area (TPSA) is 18.0 Å². The van der Waals surface area contributed by atoms with Crippen molar-refractivity contribution in [2.24, 2.45) is 0 Å². The number of para-hydroxylation sites is 2. The van der Waals surface area contributed by atoms with Gasteiger partial charge < -0.3 is 17.1 Å². The number of methoxy groups -OCH3 is 1. The third-order valence-electron chi connectivity index (χ3n) is 3.24. The second kappa shape index (κ2) is 6.55. The van der Waals surface area contributed by atoms with E-state index in [1.165, 1.54) is 16.6 Å². The van der Waals surface area contributed by atoms with Gasteiger partial charge in [0.05, 0.1) is 0 Å². The summed E-state index contributed by atoms with van der Waals surface area (Å²) >= 11 is 0. The Morgan fingerprint density at radius 3 is 2.45 bits per heavy atom. The van der Waals surface area contributed by atoms with Crippen molar-refractivity contribution in [2.45, 2.75) is 13.3 Å². The molecule has 0 amide bonds. The van der Waals surface area contributed by atoms with E-state index >= 15 is 0 Å². The zero-order chi connectivity index (χ0) is 13.1. The molecule has 0 spiro atoms. The van der Waals surface area contributed by atoms with Crippen molar-refractivity contribution in [2.75, 3.05) is 7.11 Å². The molecule has 0 atom stereocenters.